The molecule has 1 aliphatic rings. The van der Waals surface area contributed by atoms with Crippen molar-refractivity contribution >= 4 is 11.9 Å². The highest BCUT2D eigenvalue weighted by atomic mass is 19.1. The maximum Gasteiger partial charge on any atom is 0.309 e. The van der Waals surface area contributed by atoms with Gasteiger partial charge in [-0.15, -0.1) is 0 Å². The van der Waals surface area contributed by atoms with Crippen LogP contribution in [0.2, 0.25) is 0 Å². The molecule has 144 valence electrons. The third-order valence-corrected chi connectivity index (χ3v) is 4.63. The second-order valence-electron chi connectivity index (χ2n) is 6.52. The number of likely N-dealkylation sites (tertiary alicyclic amines) is 1. The van der Waals surface area contributed by atoms with Crippen LogP contribution in [0.3, 0.4) is 0 Å². The van der Waals surface area contributed by atoms with Gasteiger partial charge in [-0.25, -0.2) is 4.39 Å². The number of piperidine rings is 1. The minimum Gasteiger partial charge on any atom is -0.494 e. The molecule has 2 rings (SSSR count). The summed E-state index contributed by atoms with van der Waals surface area (Å²) in [4.78, 5) is 27.8. The van der Waals surface area contributed by atoms with E-state index in [2.05, 4.69) is 0 Å². The van der Waals surface area contributed by atoms with Gasteiger partial charge in [0.05, 0.1) is 26.2 Å². The number of halogens is 1. The highest BCUT2D eigenvalue weighted by Crippen LogP contribution is 2.20. The van der Waals surface area contributed by atoms with Crippen LogP contribution in [0.25, 0.3) is 0 Å². The van der Waals surface area contributed by atoms with Crippen molar-refractivity contribution in [3.8, 4) is 5.75 Å². The first-order valence-electron chi connectivity index (χ1n) is 8.90. The number of nitrogens with zero attached hydrogens (tertiary/aromatic N) is 2. The Morgan fingerprint density at radius 2 is 2.00 bits per heavy atom. The summed E-state index contributed by atoms with van der Waals surface area (Å²) in [5, 5.41) is 0. The molecule has 0 spiro atoms. The molecule has 1 fully saturated rings. The Hall–Kier alpha value is -2.15. The highest BCUT2D eigenvalue weighted by Gasteiger charge is 2.27. The number of rotatable bonds is 7. The van der Waals surface area contributed by atoms with Crippen LogP contribution in [-0.4, -0.2) is 62.1 Å². The number of esters is 1. The SMILES string of the molecule is CCOC(=O)C1CCN(CC(=O)N(C)Cc2ccc(OC)c(F)c2)CC1. The Labute approximate surface area is 153 Å². The lowest BCUT2D eigenvalue weighted by Gasteiger charge is -2.31. The molecule has 1 aromatic carbocycles. The van der Waals surface area contributed by atoms with E-state index in [9.17, 15) is 14.0 Å². The van der Waals surface area contributed by atoms with Crippen molar-refractivity contribution in [2.24, 2.45) is 5.92 Å². The van der Waals surface area contributed by atoms with Crippen molar-refractivity contribution in [3.63, 3.8) is 0 Å². The fourth-order valence-corrected chi connectivity index (χ4v) is 3.07. The van der Waals surface area contributed by atoms with E-state index in [4.69, 9.17) is 9.47 Å². The Morgan fingerprint density at radius 1 is 1.31 bits per heavy atom. The average molecular weight is 366 g/mol. The third kappa shape index (κ3) is 5.42. The van der Waals surface area contributed by atoms with Gasteiger partial charge < -0.3 is 14.4 Å². The topological polar surface area (TPSA) is 59.1 Å². The van der Waals surface area contributed by atoms with Gasteiger partial charge in [0.2, 0.25) is 5.91 Å². The molecule has 1 amide bonds. The van der Waals surface area contributed by atoms with Crippen molar-refractivity contribution in [2.45, 2.75) is 26.3 Å². The molecule has 0 unspecified atom stereocenters. The van der Waals surface area contributed by atoms with E-state index in [1.807, 2.05) is 4.90 Å². The van der Waals surface area contributed by atoms with Crippen LogP contribution in [0.4, 0.5) is 4.39 Å². The summed E-state index contributed by atoms with van der Waals surface area (Å²) in [5.74, 6) is -0.492. The zero-order chi connectivity index (χ0) is 19.1. The molecular formula is C19H27FN2O4. The second-order valence-corrected chi connectivity index (χ2v) is 6.52. The number of benzene rings is 1. The number of carbonyl (C=O) groups excluding carboxylic acids is 2. The molecule has 6 nitrogen and oxygen atoms in total. The zero-order valence-electron chi connectivity index (χ0n) is 15.7. The molecule has 0 saturated carbocycles. The van der Waals surface area contributed by atoms with Gasteiger partial charge in [0, 0.05) is 13.6 Å². The van der Waals surface area contributed by atoms with Gasteiger partial charge in [0.15, 0.2) is 11.6 Å². The molecule has 7 heteroatoms. The van der Waals surface area contributed by atoms with Crippen molar-refractivity contribution in [1.82, 2.24) is 9.80 Å². The van der Waals surface area contributed by atoms with Crippen molar-refractivity contribution < 1.29 is 23.5 Å². The summed E-state index contributed by atoms with van der Waals surface area (Å²) in [6, 6.07) is 4.69. The number of amides is 1. The first kappa shape index (κ1) is 20.2. The Morgan fingerprint density at radius 3 is 2.58 bits per heavy atom. The summed E-state index contributed by atoms with van der Waals surface area (Å²) < 4.78 is 23.7. The number of ether oxygens (including phenoxy) is 2. The van der Waals surface area contributed by atoms with Crippen molar-refractivity contribution in [1.29, 1.82) is 0 Å². The van der Waals surface area contributed by atoms with E-state index in [-0.39, 0.29) is 23.5 Å². The average Bonchev–Trinajstić information content (AvgIpc) is 2.62. The number of methoxy groups -OCH3 is 1. The summed E-state index contributed by atoms with van der Waals surface area (Å²) in [6.07, 6.45) is 1.42. The molecule has 1 aliphatic heterocycles. The minimum atomic E-state index is -0.438. The fraction of sp³-hybridized carbons (Fsp3) is 0.579. The van der Waals surface area contributed by atoms with Crippen molar-refractivity contribution in [2.75, 3.05) is 40.4 Å². The van der Waals surface area contributed by atoms with Gasteiger partial charge in [-0.2, -0.15) is 0 Å². The number of hydrogen-bond acceptors (Lipinski definition) is 5. The third-order valence-electron chi connectivity index (χ3n) is 4.63. The van der Waals surface area contributed by atoms with Crippen LogP contribution in [0, 0.1) is 11.7 Å². The lowest BCUT2D eigenvalue weighted by atomic mass is 9.97. The Balaban J connectivity index is 1.80. The molecule has 1 saturated heterocycles. The summed E-state index contributed by atoms with van der Waals surface area (Å²) >= 11 is 0. The maximum atomic E-state index is 13.8. The molecule has 0 N–H and O–H groups in total. The smallest absolute Gasteiger partial charge is 0.309 e. The summed E-state index contributed by atoms with van der Waals surface area (Å²) in [5.41, 5.74) is 0.708. The predicted octanol–water partition coefficient (Wildman–Crippen LogP) is 2.07. The number of likely N-dealkylation sites (N-methyl/N-ethyl adjacent to an activating group) is 1. The quantitative estimate of drug-likeness (QED) is 0.692. The Kier molecular flexibility index (Phi) is 7.38. The zero-order valence-corrected chi connectivity index (χ0v) is 15.7. The number of carbonyl (C=O) groups is 2. The van der Waals surface area contributed by atoms with Gasteiger partial charge in [-0.05, 0) is 50.6 Å². The molecule has 0 aromatic heterocycles. The Bertz CT molecular complexity index is 630. The van der Waals surface area contributed by atoms with Crippen molar-refractivity contribution in [3.05, 3.63) is 29.6 Å². The molecule has 0 aliphatic carbocycles. The molecule has 26 heavy (non-hydrogen) atoms. The first-order chi connectivity index (χ1) is 12.4. The van der Waals surface area contributed by atoms with Crippen LogP contribution < -0.4 is 4.74 Å². The minimum absolute atomic E-state index is 0.0317. The predicted molar refractivity (Wildman–Crippen MR) is 95.2 cm³/mol. The van der Waals surface area contributed by atoms with E-state index >= 15 is 0 Å². The van der Waals surface area contributed by atoms with E-state index in [0.29, 0.717) is 51.2 Å². The largest absolute Gasteiger partial charge is 0.494 e. The molecule has 0 radical (unpaired) electrons. The first-order valence-corrected chi connectivity index (χ1v) is 8.90. The summed E-state index contributed by atoms with van der Waals surface area (Å²) in [6.45, 7) is 4.22. The fourth-order valence-electron chi connectivity index (χ4n) is 3.07. The number of hydrogen-bond donors (Lipinski definition) is 0. The monoisotopic (exact) mass is 366 g/mol. The molecule has 1 aromatic rings. The van der Waals surface area contributed by atoms with E-state index in [1.54, 1.807) is 31.0 Å². The van der Waals surface area contributed by atoms with Gasteiger partial charge in [0.1, 0.15) is 0 Å². The van der Waals surface area contributed by atoms with Gasteiger partial charge >= 0.3 is 5.97 Å². The van der Waals surface area contributed by atoms with Gasteiger partial charge in [-0.3, -0.25) is 14.5 Å². The van der Waals surface area contributed by atoms with Crippen LogP contribution in [0.1, 0.15) is 25.3 Å². The standard InChI is InChI=1S/C19H27FN2O4/c1-4-26-19(24)15-7-9-22(10-8-15)13-18(23)21(2)12-14-5-6-17(25-3)16(20)11-14/h5-6,11,15H,4,7-10,12-13H2,1-3H3. The second kappa shape index (κ2) is 9.52. The van der Waals surface area contributed by atoms with Gasteiger partial charge in [0.25, 0.3) is 0 Å². The normalized spacial score (nSPS) is 15.5. The van der Waals surface area contributed by atoms with Crippen LogP contribution in [-0.2, 0) is 20.9 Å². The lowest BCUT2D eigenvalue weighted by molar-refractivity contribution is -0.149. The van der Waals surface area contributed by atoms with Crippen LogP contribution in [0.15, 0.2) is 18.2 Å². The molecule has 1 heterocycles. The van der Waals surface area contributed by atoms with E-state index < -0.39 is 5.82 Å². The van der Waals surface area contributed by atoms with Crippen LogP contribution in [0.5, 0.6) is 5.75 Å². The molecular weight excluding hydrogens is 339 g/mol. The summed E-state index contributed by atoms with van der Waals surface area (Å²) in [7, 11) is 3.12. The lowest BCUT2D eigenvalue weighted by Crippen LogP contribution is -2.43. The highest BCUT2D eigenvalue weighted by molar-refractivity contribution is 5.78. The van der Waals surface area contributed by atoms with E-state index in [0.717, 1.165) is 0 Å². The maximum absolute atomic E-state index is 13.8. The van der Waals surface area contributed by atoms with Crippen LogP contribution >= 0.6 is 0 Å². The molecule has 0 atom stereocenters. The molecule has 0 bridgehead atoms. The van der Waals surface area contributed by atoms with Gasteiger partial charge in [-0.1, -0.05) is 6.07 Å². The van der Waals surface area contributed by atoms with E-state index in [1.165, 1.54) is 13.2 Å².